The van der Waals surface area contributed by atoms with Gasteiger partial charge in [0.2, 0.25) is 0 Å². The van der Waals surface area contributed by atoms with Crippen LogP contribution in [0.25, 0.3) is 45.2 Å². The van der Waals surface area contributed by atoms with Gasteiger partial charge in [0.15, 0.2) is 0 Å². The number of para-hydroxylation sites is 1. The summed E-state index contributed by atoms with van der Waals surface area (Å²) in [7, 11) is 0. The summed E-state index contributed by atoms with van der Waals surface area (Å²) in [5.41, 5.74) is 6.40. The van der Waals surface area contributed by atoms with E-state index in [0.29, 0.717) is 5.52 Å². The molecule has 0 spiro atoms. The molecule has 5 aromatic rings. The molecule has 0 saturated carbocycles. The van der Waals surface area contributed by atoms with E-state index in [1.807, 2.05) is 42.5 Å². The minimum Gasteiger partial charge on any atom is -0.477 e. The number of fused-ring (bicyclic) bond motifs is 1. The van der Waals surface area contributed by atoms with Crippen molar-refractivity contribution in [1.82, 2.24) is 9.97 Å². The zero-order chi connectivity index (χ0) is 21.2. The maximum absolute atomic E-state index is 10.6. The summed E-state index contributed by atoms with van der Waals surface area (Å²) < 4.78 is 0. The number of hydrogen-bond acceptors (Lipinski definition) is 3. The van der Waals surface area contributed by atoms with Crippen molar-refractivity contribution >= 4 is 39.9 Å². The predicted octanol–water partition coefficient (Wildman–Crippen LogP) is 6.12. The average Bonchev–Trinajstić information content (AvgIpc) is 3.24. The van der Waals surface area contributed by atoms with Crippen LogP contribution in [0.5, 0.6) is 0 Å². The first-order valence-electron chi connectivity index (χ1n) is 9.87. The van der Waals surface area contributed by atoms with Crippen LogP contribution in [0.4, 0.5) is 0 Å². The summed E-state index contributed by atoms with van der Waals surface area (Å²) in [5.74, 6) is -0.995. The first kappa shape index (κ1) is 21.6. The fraction of sp³-hybridized carbons (Fsp3) is 0. The van der Waals surface area contributed by atoms with Crippen LogP contribution in [-0.2, 0) is 20.1 Å². The molecule has 1 N–H and O–H groups in total. The zero-order valence-corrected chi connectivity index (χ0v) is 19.2. The maximum Gasteiger partial charge on any atom is 0.354 e. The monoisotopic (exact) mass is 594 g/mol. The van der Waals surface area contributed by atoms with E-state index < -0.39 is 5.97 Å². The van der Waals surface area contributed by atoms with Crippen molar-refractivity contribution in [2.24, 2.45) is 0 Å². The van der Waals surface area contributed by atoms with Crippen molar-refractivity contribution in [3.63, 3.8) is 0 Å². The molecule has 157 valence electrons. The van der Waals surface area contributed by atoms with Gasteiger partial charge in [-0.15, -0.1) is 35.9 Å². The van der Waals surface area contributed by atoms with E-state index in [1.165, 1.54) is 22.6 Å². The minimum atomic E-state index is -0.995. The third-order valence-corrected chi connectivity index (χ3v) is 5.14. The molecule has 3 aromatic carbocycles. The standard InChI is InChI=1S/C17H10N.C10H7NO2.Ir/c1-2-5-12(6-3-1)16-11-14-10-9-13-7-4-8-15(18-16)17(13)14;12-10(13)9-6-5-7-3-1-2-4-8(7)11-9;/h1-5,7-11H;1-6H,(H,12,13);/q-1;;. The number of carboxylic acid groups (broad SMARTS) is 1. The van der Waals surface area contributed by atoms with Crippen molar-refractivity contribution in [3.8, 4) is 11.3 Å². The normalized spacial score (nSPS) is 11.0. The Kier molecular flexibility index (Phi) is 6.22. The summed E-state index contributed by atoms with van der Waals surface area (Å²) in [4.78, 5) is 19.3. The summed E-state index contributed by atoms with van der Waals surface area (Å²) >= 11 is 0. The molecule has 6 rings (SSSR count). The van der Waals surface area contributed by atoms with Crippen molar-refractivity contribution in [1.29, 1.82) is 0 Å². The van der Waals surface area contributed by atoms with E-state index in [9.17, 15) is 4.79 Å². The van der Waals surface area contributed by atoms with Crippen molar-refractivity contribution in [2.75, 3.05) is 0 Å². The van der Waals surface area contributed by atoms with E-state index in [2.05, 4.69) is 47.5 Å². The van der Waals surface area contributed by atoms with E-state index in [-0.39, 0.29) is 25.8 Å². The Morgan fingerprint density at radius 1 is 0.781 bits per heavy atom. The Morgan fingerprint density at radius 3 is 2.38 bits per heavy atom. The van der Waals surface area contributed by atoms with Gasteiger partial charge in [0.05, 0.1) is 11.0 Å². The van der Waals surface area contributed by atoms with Crippen LogP contribution in [0.15, 0.2) is 84.9 Å². The molecular weight excluding hydrogens is 577 g/mol. The van der Waals surface area contributed by atoms with E-state index in [4.69, 9.17) is 10.1 Å². The number of aromatic carboxylic acids is 1. The van der Waals surface area contributed by atoms with Gasteiger partial charge in [0, 0.05) is 30.9 Å². The molecular formula is C27H17IrN2O2-. The second kappa shape index (κ2) is 9.23. The quantitative estimate of drug-likeness (QED) is 0.246. The first-order valence-corrected chi connectivity index (χ1v) is 9.87. The number of carboxylic acids is 1. The molecule has 2 heterocycles. The van der Waals surface area contributed by atoms with Crippen LogP contribution in [-0.4, -0.2) is 21.0 Å². The molecule has 4 nitrogen and oxygen atoms in total. The second-order valence-electron chi connectivity index (χ2n) is 7.14. The van der Waals surface area contributed by atoms with Gasteiger partial charge >= 0.3 is 5.97 Å². The van der Waals surface area contributed by atoms with Gasteiger partial charge in [-0.2, -0.15) is 0 Å². The molecule has 1 aliphatic rings. The fourth-order valence-electron chi connectivity index (χ4n) is 3.67. The number of rotatable bonds is 2. The third kappa shape index (κ3) is 4.22. The Labute approximate surface area is 198 Å². The molecule has 0 saturated heterocycles. The molecule has 32 heavy (non-hydrogen) atoms. The molecule has 0 amide bonds. The van der Waals surface area contributed by atoms with Gasteiger partial charge in [-0.3, -0.25) is 4.98 Å². The number of aromatic nitrogens is 2. The van der Waals surface area contributed by atoms with Crippen molar-refractivity contribution in [2.45, 2.75) is 0 Å². The van der Waals surface area contributed by atoms with Crippen LogP contribution in [0.2, 0.25) is 0 Å². The van der Waals surface area contributed by atoms with Gasteiger partial charge in [-0.05, 0) is 35.0 Å². The second-order valence-corrected chi connectivity index (χ2v) is 7.14. The van der Waals surface area contributed by atoms with Crippen LogP contribution < -0.4 is 0 Å². The molecule has 0 fully saturated rings. The SMILES string of the molecule is O=C(O)c1ccc2ccccc2n1.[Ir].[c-]1ccccc1-c1cc2c3c(cccc3n1)C=C2. The summed E-state index contributed by atoms with van der Waals surface area (Å²) in [6, 6.07) is 30.3. The maximum atomic E-state index is 10.6. The Hall–Kier alpha value is -3.66. The van der Waals surface area contributed by atoms with E-state index in [0.717, 1.165) is 22.2 Å². The number of pyridine rings is 2. The van der Waals surface area contributed by atoms with Gasteiger partial charge in [-0.1, -0.05) is 54.6 Å². The van der Waals surface area contributed by atoms with Crippen molar-refractivity contribution < 1.29 is 30.0 Å². The molecule has 1 radical (unpaired) electrons. The zero-order valence-electron chi connectivity index (χ0n) is 16.8. The summed E-state index contributed by atoms with van der Waals surface area (Å²) in [5, 5.41) is 10.9. The molecule has 0 bridgehead atoms. The average molecular weight is 594 g/mol. The van der Waals surface area contributed by atoms with Gasteiger partial charge in [0.25, 0.3) is 0 Å². The molecule has 0 atom stereocenters. The first-order chi connectivity index (χ1) is 15.2. The largest absolute Gasteiger partial charge is 0.477 e. The van der Waals surface area contributed by atoms with Crippen LogP contribution in [0.1, 0.15) is 21.6 Å². The van der Waals surface area contributed by atoms with Gasteiger partial charge in [-0.25, -0.2) is 9.78 Å². The number of carbonyl (C=O) groups is 1. The van der Waals surface area contributed by atoms with E-state index >= 15 is 0 Å². The fourth-order valence-corrected chi connectivity index (χ4v) is 3.67. The van der Waals surface area contributed by atoms with Gasteiger partial charge < -0.3 is 5.11 Å². The molecule has 5 heteroatoms. The Morgan fingerprint density at radius 2 is 1.56 bits per heavy atom. The Balaban J connectivity index is 0.000000157. The summed E-state index contributed by atoms with van der Waals surface area (Å²) in [6.07, 6.45) is 4.31. The van der Waals surface area contributed by atoms with Crippen molar-refractivity contribution in [3.05, 3.63) is 108 Å². The molecule has 2 aromatic heterocycles. The predicted molar refractivity (Wildman–Crippen MR) is 124 cm³/mol. The minimum absolute atomic E-state index is 0. The number of nitrogens with zero attached hydrogens (tertiary/aromatic N) is 2. The van der Waals surface area contributed by atoms with Crippen LogP contribution in [0, 0.1) is 6.07 Å². The Bertz CT molecular complexity index is 1460. The third-order valence-electron chi connectivity index (χ3n) is 5.14. The summed E-state index contributed by atoms with van der Waals surface area (Å²) in [6.45, 7) is 0. The smallest absolute Gasteiger partial charge is 0.354 e. The van der Waals surface area contributed by atoms with E-state index in [1.54, 1.807) is 12.1 Å². The molecule has 0 unspecified atom stereocenters. The topological polar surface area (TPSA) is 63.1 Å². The van der Waals surface area contributed by atoms with Crippen LogP contribution >= 0.6 is 0 Å². The molecule has 0 aliphatic heterocycles. The van der Waals surface area contributed by atoms with Crippen LogP contribution in [0.3, 0.4) is 0 Å². The van der Waals surface area contributed by atoms with Gasteiger partial charge in [0.1, 0.15) is 5.69 Å². The number of benzene rings is 3. The number of hydrogen-bond donors (Lipinski definition) is 1. The molecule has 1 aliphatic carbocycles.